The van der Waals surface area contributed by atoms with Gasteiger partial charge in [-0.1, -0.05) is 12.1 Å². The van der Waals surface area contributed by atoms with Crippen LogP contribution in [0.25, 0.3) is 0 Å². The summed E-state index contributed by atoms with van der Waals surface area (Å²) in [6, 6.07) is 8.89. The van der Waals surface area contributed by atoms with Gasteiger partial charge in [-0.15, -0.1) is 23.2 Å². The normalized spacial score (nSPS) is 20.1. The van der Waals surface area contributed by atoms with Crippen LogP contribution in [0.15, 0.2) is 42.5 Å². The molecule has 2 aromatic carbocycles. The molecule has 1 unspecified atom stereocenters. The second-order valence-corrected chi connectivity index (χ2v) is 11.3. The Hall–Kier alpha value is -1.97. The number of fused-ring (bicyclic) bond motifs is 1. The van der Waals surface area contributed by atoms with Crippen molar-refractivity contribution in [3.63, 3.8) is 0 Å². The van der Waals surface area contributed by atoms with Crippen LogP contribution >= 0.6 is 23.2 Å². The van der Waals surface area contributed by atoms with Gasteiger partial charge in [0, 0.05) is 30.3 Å². The van der Waals surface area contributed by atoms with Gasteiger partial charge >= 0.3 is 6.18 Å². The number of halogens is 5. The Morgan fingerprint density at radius 3 is 2.34 bits per heavy atom. The maximum absolute atomic E-state index is 12.7. The number of nitrogens with zero attached hydrogens (tertiary/aromatic N) is 1. The maximum Gasteiger partial charge on any atom is 0.416 e. The molecule has 0 aromatic heterocycles. The van der Waals surface area contributed by atoms with E-state index in [9.17, 15) is 26.4 Å². The molecule has 5 nitrogen and oxygen atoms in total. The van der Waals surface area contributed by atoms with Crippen molar-refractivity contribution in [2.24, 2.45) is 5.92 Å². The predicted molar refractivity (Wildman–Crippen MR) is 117 cm³/mol. The fourth-order valence-corrected chi connectivity index (χ4v) is 5.44. The molecule has 2 aromatic rings. The molecule has 0 spiro atoms. The highest BCUT2D eigenvalue weighted by molar-refractivity contribution is 7.91. The molecule has 32 heavy (non-hydrogen) atoms. The lowest BCUT2D eigenvalue weighted by Gasteiger charge is -2.30. The van der Waals surface area contributed by atoms with Gasteiger partial charge in [-0.05, 0) is 54.3 Å². The first-order chi connectivity index (χ1) is 14.8. The number of hydrogen-bond donors (Lipinski definition) is 1. The van der Waals surface area contributed by atoms with Crippen molar-refractivity contribution in [2.45, 2.75) is 35.5 Å². The van der Waals surface area contributed by atoms with Gasteiger partial charge in [-0.2, -0.15) is 13.2 Å². The van der Waals surface area contributed by atoms with E-state index in [1.807, 2.05) is 0 Å². The molecule has 1 saturated carbocycles. The van der Waals surface area contributed by atoms with Gasteiger partial charge in [0.05, 0.1) is 11.3 Å². The van der Waals surface area contributed by atoms with E-state index in [2.05, 4.69) is 4.72 Å². The number of sulfonamides is 1. The molecular formula is C21H19Cl2F3N2O3S. The highest BCUT2D eigenvalue weighted by atomic mass is 35.5. The molecule has 0 bridgehead atoms. The van der Waals surface area contributed by atoms with Crippen molar-refractivity contribution in [2.75, 3.05) is 16.2 Å². The van der Waals surface area contributed by atoms with Crippen LogP contribution in [0.4, 0.5) is 24.5 Å². The van der Waals surface area contributed by atoms with Crippen molar-refractivity contribution >= 4 is 50.5 Å². The van der Waals surface area contributed by atoms with Gasteiger partial charge in [-0.25, -0.2) is 8.42 Å². The first kappa shape index (κ1) is 23.2. The van der Waals surface area contributed by atoms with Crippen molar-refractivity contribution in [1.82, 2.24) is 0 Å². The molecule has 1 atom stereocenters. The van der Waals surface area contributed by atoms with E-state index in [1.54, 1.807) is 23.1 Å². The molecule has 0 saturated heterocycles. The van der Waals surface area contributed by atoms with Gasteiger partial charge < -0.3 is 4.90 Å². The molecule has 2 aliphatic rings. The van der Waals surface area contributed by atoms with Crippen molar-refractivity contribution in [1.29, 1.82) is 0 Å². The van der Waals surface area contributed by atoms with E-state index in [1.165, 1.54) is 0 Å². The maximum atomic E-state index is 12.7. The number of hydrogen-bond acceptors (Lipinski definition) is 3. The number of aryl methyl sites for hydroxylation is 1. The number of alkyl halides is 5. The number of amides is 1. The van der Waals surface area contributed by atoms with Crippen LogP contribution in [0.1, 0.15) is 29.5 Å². The van der Waals surface area contributed by atoms with Crippen LogP contribution in [0.2, 0.25) is 0 Å². The molecule has 1 amide bonds. The minimum Gasteiger partial charge on any atom is -0.312 e. The van der Waals surface area contributed by atoms with Gasteiger partial charge in [0.15, 0.2) is 0 Å². The molecule has 0 radical (unpaired) electrons. The van der Waals surface area contributed by atoms with Gasteiger partial charge in [-0.3, -0.25) is 9.52 Å². The fourth-order valence-electron chi connectivity index (χ4n) is 3.74. The van der Waals surface area contributed by atoms with Crippen LogP contribution < -0.4 is 9.62 Å². The third-order valence-electron chi connectivity index (χ3n) is 5.55. The lowest BCUT2D eigenvalue weighted by molar-refractivity contribution is -0.137. The smallest absolute Gasteiger partial charge is 0.312 e. The fraction of sp³-hybridized carbons (Fsp3) is 0.381. The van der Waals surface area contributed by atoms with Crippen LogP contribution in [0, 0.1) is 5.92 Å². The van der Waals surface area contributed by atoms with Crippen LogP contribution in [0.3, 0.4) is 0 Å². The monoisotopic (exact) mass is 506 g/mol. The number of nitrogens with one attached hydrogen (secondary N) is 1. The lowest BCUT2D eigenvalue weighted by Crippen LogP contribution is -2.37. The molecule has 1 heterocycles. The molecule has 1 aliphatic heterocycles. The molecule has 11 heteroatoms. The zero-order valence-corrected chi connectivity index (χ0v) is 19.0. The third-order valence-corrected chi connectivity index (χ3v) is 7.74. The Bertz CT molecular complexity index is 1150. The van der Waals surface area contributed by atoms with Gasteiger partial charge in [0.2, 0.25) is 15.9 Å². The van der Waals surface area contributed by atoms with Crippen LogP contribution in [0.5, 0.6) is 0 Å². The minimum absolute atomic E-state index is 0.0114. The molecule has 1 fully saturated rings. The number of benzene rings is 2. The molecule has 4 rings (SSSR count). The SMILES string of the molecule is O=C1CCc2cc(NS(=O)(=O)Cc3ccc(C(F)(F)F)cc3)ccc2N1CC1CC1(Cl)Cl. The average Bonchev–Trinajstić information content (AvgIpc) is 3.29. The summed E-state index contributed by atoms with van der Waals surface area (Å²) < 4.78 is 64.7. The first-order valence-corrected chi connectivity index (χ1v) is 12.2. The van der Waals surface area contributed by atoms with Crippen molar-refractivity contribution < 1.29 is 26.4 Å². The molecule has 172 valence electrons. The molecule has 1 aliphatic carbocycles. The van der Waals surface area contributed by atoms with Crippen molar-refractivity contribution in [3.05, 3.63) is 59.2 Å². The van der Waals surface area contributed by atoms with E-state index in [0.717, 1.165) is 29.8 Å². The first-order valence-electron chi connectivity index (χ1n) is 9.82. The molecule has 1 N–H and O–H groups in total. The van der Waals surface area contributed by atoms with Crippen LogP contribution in [-0.4, -0.2) is 25.2 Å². The van der Waals surface area contributed by atoms with E-state index in [-0.39, 0.29) is 17.4 Å². The largest absolute Gasteiger partial charge is 0.416 e. The zero-order valence-electron chi connectivity index (χ0n) is 16.6. The summed E-state index contributed by atoms with van der Waals surface area (Å²) >= 11 is 12.2. The van der Waals surface area contributed by atoms with E-state index in [4.69, 9.17) is 23.2 Å². The minimum atomic E-state index is -4.48. The zero-order chi connectivity index (χ0) is 23.3. The van der Waals surface area contributed by atoms with E-state index < -0.39 is 31.8 Å². The topological polar surface area (TPSA) is 66.5 Å². The van der Waals surface area contributed by atoms with Gasteiger partial charge in [0.1, 0.15) is 4.33 Å². The van der Waals surface area contributed by atoms with E-state index >= 15 is 0 Å². The Balaban J connectivity index is 1.47. The summed E-state index contributed by atoms with van der Waals surface area (Å²) in [5.41, 5.74) is 1.22. The lowest BCUT2D eigenvalue weighted by atomic mass is 10.00. The second kappa shape index (κ2) is 8.11. The second-order valence-electron chi connectivity index (χ2n) is 8.07. The number of rotatable bonds is 6. The van der Waals surface area contributed by atoms with Gasteiger partial charge in [0.25, 0.3) is 0 Å². The van der Waals surface area contributed by atoms with Crippen LogP contribution in [-0.2, 0) is 33.2 Å². The summed E-state index contributed by atoms with van der Waals surface area (Å²) in [6.45, 7) is 0.401. The molecular weight excluding hydrogens is 488 g/mol. The number of carbonyl (C=O) groups is 1. The Kier molecular flexibility index (Phi) is 5.88. The summed E-state index contributed by atoms with van der Waals surface area (Å²) in [6.07, 6.45) is -3.12. The quantitative estimate of drug-likeness (QED) is 0.552. The average molecular weight is 507 g/mol. The summed E-state index contributed by atoms with van der Waals surface area (Å²) in [5.74, 6) is -0.519. The van der Waals surface area contributed by atoms with Crippen molar-refractivity contribution in [3.8, 4) is 0 Å². The summed E-state index contributed by atoms with van der Waals surface area (Å²) in [4.78, 5) is 14.0. The Labute approximate surface area is 193 Å². The Morgan fingerprint density at radius 1 is 1.09 bits per heavy atom. The standard InChI is InChI=1S/C21H19Cl2F3N2O3S/c22-20(23)10-16(20)11-28-18-7-6-17(9-14(18)3-8-19(28)29)27-32(30,31)12-13-1-4-15(5-2-13)21(24,25)26/h1-2,4-7,9,16,27H,3,8,10-12H2. The van der Waals surface area contributed by atoms with E-state index in [0.29, 0.717) is 37.2 Å². The summed E-state index contributed by atoms with van der Waals surface area (Å²) in [5, 5.41) is 0. The third kappa shape index (κ3) is 5.15. The number of carbonyl (C=O) groups excluding carboxylic acids is 1. The highest BCUT2D eigenvalue weighted by Crippen LogP contribution is 2.54. The Morgan fingerprint density at radius 2 is 1.75 bits per heavy atom. The summed E-state index contributed by atoms with van der Waals surface area (Å²) in [7, 11) is -3.86. The highest BCUT2D eigenvalue weighted by Gasteiger charge is 2.52. The number of anilines is 2. The predicted octanol–water partition coefficient (Wildman–Crippen LogP) is 5.12.